The average Bonchev–Trinajstić information content (AvgIpc) is 2.09. The molecule has 1 fully saturated rings. The van der Waals surface area contributed by atoms with Gasteiger partial charge in [-0.1, -0.05) is 46.4 Å². The molecule has 0 bridgehead atoms. The molecule has 0 aromatic rings. The van der Waals surface area contributed by atoms with Crippen molar-refractivity contribution in [3.63, 3.8) is 0 Å². The first-order valence-corrected chi connectivity index (χ1v) is 5.62. The molecule has 0 heteroatoms. The van der Waals surface area contributed by atoms with E-state index in [0.717, 1.165) is 6.42 Å². The second kappa shape index (κ2) is 3.56. The second-order valence-corrected chi connectivity index (χ2v) is 6.13. The molecule has 0 atom stereocenters. The normalized spacial score (nSPS) is 26.9. The van der Waals surface area contributed by atoms with Gasteiger partial charge in [-0.15, -0.1) is 0 Å². The molecule has 80 valence electrons. The van der Waals surface area contributed by atoms with Crippen LogP contribution in [-0.4, -0.2) is 0 Å². The van der Waals surface area contributed by atoms with Crippen molar-refractivity contribution < 1.29 is 0 Å². The van der Waals surface area contributed by atoms with Crippen LogP contribution in [0, 0.1) is 10.8 Å². The maximum atomic E-state index is 4.20. The van der Waals surface area contributed by atoms with Crippen molar-refractivity contribution in [1.29, 1.82) is 0 Å². The van der Waals surface area contributed by atoms with Crippen LogP contribution in [0.15, 0.2) is 24.3 Å². The quantitative estimate of drug-likeness (QED) is 0.520. The highest BCUT2D eigenvalue weighted by atomic mass is 14.4. The van der Waals surface area contributed by atoms with Crippen LogP contribution < -0.4 is 0 Å². The van der Waals surface area contributed by atoms with Crippen LogP contribution in [0.2, 0.25) is 0 Å². The monoisotopic (exact) mass is 192 g/mol. The van der Waals surface area contributed by atoms with E-state index in [1.54, 1.807) is 0 Å². The van der Waals surface area contributed by atoms with Gasteiger partial charge < -0.3 is 0 Å². The molecule has 0 aromatic heterocycles. The average molecular weight is 192 g/mol. The van der Waals surface area contributed by atoms with Crippen LogP contribution in [0.1, 0.15) is 53.4 Å². The summed E-state index contributed by atoms with van der Waals surface area (Å²) in [6.07, 6.45) is 4.90. The summed E-state index contributed by atoms with van der Waals surface area (Å²) >= 11 is 0. The van der Waals surface area contributed by atoms with E-state index in [0.29, 0.717) is 5.41 Å². The van der Waals surface area contributed by atoms with Crippen molar-refractivity contribution in [3.8, 4) is 0 Å². The van der Waals surface area contributed by atoms with E-state index in [2.05, 4.69) is 40.9 Å². The van der Waals surface area contributed by atoms with Gasteiger partial charge in [-0.25, -0.2) is 0 Å². The Labute approximate surface area is 89.1 Å². The second-order valence-electron chi connectivity index (χ2n) is 6.13. The molecule has 0 unspecified atom stereocenters. The number of rotatable bonds is 0. The van der Waals surface area contributed by atoms with Crippen LogP contribution >= 0.6 is 0 Å². The van der Waals surface area contributed by atoms with E-state index in [1.165, 1.54) is 30.4 Å². The SMILES string of the molecule is C=C1CCC(C)(C)CCC(C)(C)C1=C. The van der Waals surface area contributed by atoms with Gasteiger partial charge in [0, 0.05) is 0 Å². The molecule has 0 aliphatic heterocycles. The van der Waals surface area contributed by atoms with Crippen molar-refractivity contribution in [3.05, 3.63) is 24.3 Å². The lowest BCUT2D eigenvalue weighted by atomic mass is 9.68. The van der Waals surface area contributed by atoms with Gasteiger partial charge in [-0.2, -0.15) is 0 Å². The first-order chi connectivity index (χ1) is 6.25. The maximum Gasteiger partial charge on any atom is -0.0107 e. The molecule has 14 heavy (non-hydrogen) atoms. The first kappa shape index (κ1) is 11.6. The smallest absolute Gasteiger partial charge is 0.0107 e. The standard InChI is InChI=1S/C14H24/c1-11-7-8-13(3,4)9-10-14(5,6)12(11)2/h1-2,7-10H2,3-6H3. The fourth-order valence-corrected chi connectivity index (χ4v) is 2.05. The summed E-state index contributed by atoms with van der Waals surface area (Å²) in [5, 5.41) is 0. The molecular formula is C14H24. The van der Waals surface area contributed by atoms with Crippen LogP contribution in [-0.2, 0) is 0 Å². The lowest BCUT2D eigenvalue weighted by Crippen LogP contribution is -2.24. The summed E-state index contributed by atoms with van der Waals surface area (Å²) in [5.74, 6) is 0. The van der Waals surface area contributed by atoms with Gasteiger partial charge in [0.15, 0.2) is 0 Å². The minimum absolute atomic E-state index is 0.245. The molecule has 0 radical (unpaired) electrons. The van der Waals surface area contributed by atoms with Crippen molar-refractivity contribution in [1.82, 2.24) is 0 Å². The third kappa shape index (κ3) is 2.50. The Hall–Kier alpha value is -0.520. The highest BCUT2D eigenvalue weighted by Gasteiger charge is 2.30. The van der Waals surface area contributed by atoms with Gasteiger partial charge in [0.2, 0.25) is 0 Å². The molecule has 0 spiro atoms. The van der Waals surface area contributed by atoms with Crippen molar-refractivity contribution in [2.75, 3.05) is 0 Å². The maximum absolute atomic E-state index is 4.20. The Morgan fingerprint density at radius 3 is 2.07 bits per heavy atom. The van der Waals surface area contributed by atoms with E-state index in [9.17, 15) is 0 Å². The molecule has 0 saturated heterocycles. The minimum Gasteiger partial charge on any atom is -0.0956 e. The van der Waals surface area contributed by atoms with Crippen LogP contribution in [0.4, 0.5) is 0 Å². The molecular weight excluding hydrogens is 168 g/mol. The first-order valence-electron chi connectivity index (χ1n) is 5.62. The zero-order valence-electron chi connectivity index (χ0n) is 10.2. The third-order valence-corrected chi connectivity index (χ3v) is 3.77. The number of hydrogen-bond donors (Lipinski definition) is 0. The fraction of sp³-hybridized carbons (Fsp3) is 0.714. The zero-order valence-corrected chi connectivity index (χ0v) is 10.2. The van der Waals surface area contributed by atoms with Crippen molar-refractivity contribution >= 4 is 0 Å². The largest absolute Gasteiger partial charge is 0.0956 e. The van der Waals surface area contributed by atoms with Gasteiger partial charge in [0.1, 0.15) is 0 Å². The van der Waals surface area contributed by atoms with E-state index in [1.807, 2.05) is 0 Å². The Morgan fingerprint density at radius 1 is 0.929 bits per heavy atom. The zero-order chi connectivity index (χ0) is 11.0. The van der Waals surface area contributed by atoms with Gasteiger partial charge in [0.05, 0.1) is 0 Å². The lowest BCUT2D eigenvalue weighted by Gasteiger charge is -2.37. The van der Waals surface area contributed by atoms with Crippen LogP contribution in [0.25, 0.3) is 0 Å². The van der Waals surface area contributed by atoms with Gasteiger partial charge >= 0.3 is 0 Å². The molecule has 0 N–H and O–H groups in total. The number of allylic oxidation sites excluding steroid dienone is 2. The molecule has 1 rings (SSSR count). The van der Waals surface area contributed by atoms with Gasteiger partial charge in [0.25, 0.3) is 0 Å². The molecule has 1 aliphatic rings. The third-order valence-electron chi connectivity index (χ3n) is 3.77. The molecule has 0 nitrogen and oxygen atoms in total. The minimum atomic E-state index is 0.245. The Morgan fingerprint density at radius 2 is 1.50 bits per heavy atom. The molecule has 0 aromatic carbocycles. The molecule has 0 amide bonds. The number of hydrogen-bond acceptors (Lipinski definition) is 0. The summed E-state index contributed by atoms with van der Waals surface area (Å²) in [6, 6.07) is 0. The predicted molar refractivity (Wildman–Crippen MR) is 64.3 cm³/mol. The fourth-order valence-electron chi connectivity index (χ4n) is 2.05. The molecule has 1 aliphatic carbocycles. The summed E-state index contributed by atoms with van der Waals surface area (Å²) in [5.41, 5.74) is 3.26. The van der Waals surface area contributed by atoms with Crippen LogP contribution in [0.3, 0.4) is 0 Å². The topological polar surface area (TPSA) is 0 Å². The van der Waals surface area contributed by atoms with E-state index in [4.69, 9.17) is 0 Å². The van der Waals surface area contributed by atoms with Gasteiger partial charge in [-0.05, 0) is 42.1 Å². The molecule has 1 saturated carbocycles. The summed E-state index contributed by atoms with van der Waals surface area (Å²) in [7, 11) is 0. The van der Waals surface area contributed by atoms with E-state index in [-0.39, 0.29) is 5.41 Å². The van der Waals surface area contributed by atoms with Crippen molar-refractivity contribution in [2.24, 2.45) is 10.8 Å². The Balaban J connectivity index is 2.85. The molecule has 0 heterocycles. The highest BCUT2D eigenvalue weighted by molar-refractivity contribution is 5.31. The van der Waals surface area contributed by atoms with E-state index >= 15 is 0 Å². The Kier molecular flexibility index (Phi) is 2.94. The predicted octanol–water partition coefficient (Wildman–Crippen LogP) is 4.73. The highest BCUT2D eigenvalue weighted by Crippen LogP contribution is 2.44. The summed E-state index contributed by atoms with van der Waals surface area (Å²) in [4.78, 5) is 0. The summed E-state index contributed by atoms with van der Waals surface area (Å²) in [6.45, 7) is 17.7. The lowest BCUT2D eigenvalue weighted by molar-refractivity contribution is 0.238. The van der Waals surface area contributed by atoms with Crippen molar-refractivity contribution in [2.45, 2.75) is 53.4 Å². The van der Waals surface area contributed by atoms with E-state index < -0.39 is 0 Å². The Bertz CT molecular complexity index is 253. The van der Waals surface area contributed by atoms with Gasteiger partial charge in [-0.3, -0.25) is 0 Å². The summed E-state index contributed by atoms with van der Waals surface area (Å²) < 4.78 is 0. The van der Waals surface area contributed by atoms with Crippen LogP contribution in [0.5, 0.6) is 0 Å².